The van der Waals surface area contributed by atoms with Crippen LogP contribution in [0.25, 0.3) is 10.9 Å². The third-order valence-electron chi connectivity index (χ3n) is 4.52. The van der Waals surface area contributed by atoms with Crippen LogP contribution in [0.3, 0.4) is 0 Å². The Bertz CT molecular complexity index is 1140. The monoisotopic (exact) mass is 394 g/mol. The van der Waals surface area contributed by atoms with E-state index < -0.39 is 5.97 Å². The Morgan fingerprint density at radius 1 is 1.07 bits per heavy atom. The van der Waals surface area contributed by atoms with Crippen molar-refractivity contribution in [1.82, 2.24) is 9.55 Å². The van der Waals surface area contributed by atoms with Crippen LogP contribution in [0.5, 0.6) is 11.5 Å². The average molecular weight is 394 g/mol. The molecule has 148 valence electrons. The molecule has 29 heavy (non-hydrogen) atoms. The maximum Gasteiger partial charge on any atom is 0.308 e. The SMILES string of the molecule is O=C(CCn1cnc2ccccc2c1=O)OCC(=O)c1ccc2c(c1)OCCO2. The quantitative estimate of drug-likeness (QED) is 0.466. The largest absolute Gasteiger partial charge is 0.486 e. The number of carbonyl (C=O) groups is 2. The van der Waals surface area contributed by atoms with Gasteiger partial charge >= 0.3 is 5.97 Å². The summed E-state index contributed by atoms with van der Waals surface area (Å²) in [4.78, 5) is 40.9. The standard InChI is InChI=1S/C21H18N2O6/c24-17(14-5-6-18-19(11-14)28-10-9-27-18)12-29-20(25)7-8-23-13-22-16-4-2-1-3-15(16)21(23)26/h1-6,11,13H,7-10,12H2. The number of aromatic nitrogens is 2. The van der Waals surface area contributed by atoms with Crippen molar-refractivity contribution < 1.29 is 23.8 Å². The molecule has 1 aliphatic heterocycles. The lowest BCUT2D eigenvalue weighted by Gasteiger charge is -2.18. The molecule has 0 aliphatic carbocycles. The summed E-state index contributed by atoms with van der Waals surface area (Å²) >= 11 is 0. The number of ketones is 1. The Hall–Kier alpha value is -3.68. The molecular formula is C21H18N2O6. The van der Waals surface area contributed by atoms with Gasteiger partial charge in [0, 0.05) is 12.1 Å². The van der Waals surface area contributed by atoms with E-state index in [1.807, 2.05) is 0 Å². The number of nitrogens with zero attached hydrogens (tertiary/aromatic N) is 2. The summed E-state index contributed by atoms with van der Waals surface area (Å²) in [6, 6.07) is 11.8. The topological polar surface area (TPSA) is 96.7 Å². The van der Waals surface area contributed by atoms with Crippen LogP contribution in [-0.4, -0.2) is 41.1 Å². The number of carbonyl (C=O) groups excluding carboxylic acids is 2. The van der Waals surface area contributed by atoms with Crippen LogP contribution in [-0.2, 0) is 16.1 Å². The summed E-state index contributed by atoms with van der Waals surface area (Å²) in [5.74, 6) is 0.159. The Labute approximate surface area is 165 Å². The zero-order valence-corrected chi connectivity index (χ0v) is 15.5. The van der Waals surface area contributed by atoms with E-state index in [1.165, 1.54) is 10.9 Å². The van der Waals surface area contributed by atoms with Gasteiger partial charge < -0.3 is 14.2 Å². The maximum absolute atomic E-state index is 12.4. The minimum atomic E-state index is -0.573. The van der Waals surface area contributed by atoms with Gasteiger partial charge in [-0.2, -0.15) is 0 Å². The van der Waals surface area contributed by atoms with Crippen LogP contribution in [0.1, 0.15) is 16.8 Å². The number of ether oxygens (including phenoxy) is 3. The van der Waals surface area contributed by atoms with E-state index in [2.05, 4.69) is 4.98 Å². The first-order valence-corrected chi connectivity index (χ1v) is 9.14. The number of esters is 1. The molecule has 3 aromatic rings. The van der Waals surface area contributed by atoms with Gasteiger partial charge in [0.1, 0.15) is 13.2 Å². The number of benzene rings is 2. The fraction of sp³-hybridized carbons (Fsp3) is 0.238. The highest BCUT2D eigenvalue weighted by atomic mass is 16.6. The predicted molar refractivity (Wildman–Crippen MR) is 103 cm³/mol. The van der Waals surface area contributed by atoms with E-state index in [9.17, 15) is 14.4 Å². The molecule has 2 aromatic carbocycles. The summed E-state index contributed by atoms with van der Waals surface area (Å²) in [6.07, 6.45) is 1.35. The molecule has 0 unspecified atom stereocenters. The molecule has 1 aromatic heterocycles. The highest BCUT2D eigenvalue weighted by Gasteiger charge is 2.16. The molecule has 0 spiro atoms. The zero-order chi connectivity index (χ0) is 20.2. The Morgan fingerprint density at radius 2 is 1.86 bits per heavy atom. The number of aryl methyl sites for hydroxylation is 1. The fourth-order valence-corrected chi connectivity index (χ4v) is 3.00. The molecule has 0 atom stereocenters. The van der Waals surface area contributed by atoms with E-state index in [4.69, 9.17) is 14.2 Å². The first-order valence-electron chi connectivity index (χ1n) is 9.14. The van der Waals surface area contributed by atoms with Gasteiger partial charge in [-0.25, -0.2) is 4.98 Å². The van der Waals surface area contributed by atoms with Crippen LogP contribution in [0.15, 0.2) is 53.6 Å². The van der Waals surface area contributed by atoms with E-state index >= 15 is 0 Å². The molecule has 0 radical (unpaired) electrons. The summed E-state index contributed by atoms with van der Waals surface area (Å²) in [7, 11) is 0. The van der Waals surface area contributed by atoms with E-state index in [0.29, 0.717) is 41.2 Å². The van der Waals surface area contributed by atoms with Gasteiger partial charge in [-0.3, -0.25) is 19.0 Å². The van der Waals surface area contributed by atoms with Crippen LogP contribution in [0, 0.1) is 0 Å². The Kier molecular flexibility index (Phi) is 5.24. The maximum atomic E-state index is 12.4. The second-order valence-electron chi connectivity index (χ2n) is 6.45. The highest BCUT2D eigenvalue weighted by molar-refractivity contribution is 5.98. The molecule has 0 amide bonds. The Balaban J connectivity index is 1.33. The zero-order valence-electron chi connectivity index (χ0n) is 15.5. The Morgan fingerprint density at radius 3 is 2.72 bits per heavy atom. The first kappa shape index (κ1) is 18.7. The third-order valence-corrected chi connectivity index (χ3v) is 4.52. The van der Waals surface area contributed by atoms with Crippen LogP contribution in [0.2, 0.25) is 0 Å². The minimum absolute atomic E-state index is 0.0473. The van der Waals surface area contributed by atoms with Gasteiger partial charge in [0.05, 0.1) is 23.7 Å². The lowest BCUT2D eigenvalue weighted by molar-refractivity contribution is -0.142. The van der Waals surface area contributed by atoms with Gasteiger partial charge in [-0.15, -0.1) is 0 Å². The van der Waals surface area contributed by atoms with Crippen molar-refractivity contribution in [2.24, 2.45) is 0 Å². The minimum Gasteiger partial charge on any atom is -0.486 e. The number of hydrogen-bond donors (Lipinski definition) is 0. The molecule has 1 aliphatic rings. The lowest BCUT2D eigenvalue weighted by Crippen LogP contribution is -2.23. The molecule has 8 nitrogen and oxygen atoms in total. The number of para-hydroxylation sites is 1. The molecule has 8 heteroatoms. The molecule has 0 saturated carbocycles. The van der Waals surface area contributed by atoms with Crippen molar-refractivity contribution >= 4 is 22.7 Å². The molecule has 0 saturated heterocycles. The van der Waals surface area contributed by atoms with E-state index in [-0.39, 0.29) is 30.9 Å². The van der Waals surface area contributed by atoms with Crippen molar-refractivity contribution in [2.75, 3.05) is 19.8 Å². The van der Waals surface area contributed by atoms with Crippen LogP contribution in [0.4, 0.5) is 0 Å². The molecule has 0 bridgehead atoms. The van der Waals surface area contributed by atoms with Crippen molar-refractivity contribution in [2.45, 2.75) is 13.0 Å². The lowest BCUT2D eigenvalue weighted by atomic mass is 10.1. The normalized spacial score (nSPS) is 12.6. The molecule has 0 fully saturated rings. The molecule has 0 N–H and O–H groups in total. The molecular weight excluding hydrogens is 376 g/mol. The van der Waals surface area contributed by atoms with Crippen molar-refractivity contribution in [1.29, 1.82) is 0 Å². The highest BCUT2D eigenvalue weighted by Crippen LogP contribution is 2.30. The predicted octanol–water partition coefficient (Wildman–Crippen LogP) is 1.98. The molecule has 2 heterocycles. The number of rotatable bonds is 6. The summed E-state index contributed by atoms with van der Waals surface area (Å²) in [5, 5.41) is 0.483. The van der Waals surface area contributed by atoms with Crippen molar-refractivity contribution in [3.05, 3.63) is 64.7 Å². The van der Waals surface area contributed by atoms with Gasteiger partial charge in [0.2, 0.25) is 0 Å². The van der Waals surface area contributed by atoms with Crippen molar-refractivity contribution in [3.63, 3.8) is 0 Å². The van der Waals surface area contributed by atoms with E-state index in [0.717, 1.165) is 0 Å². The third kappa shape index (κ3) is 4.11. The number of hydrogen-bond acceptors (Lipinski definition) is 7. The van der Waals surface area contributed by atoms with Gasteiger partial charge in [-0.1, -0.05) is 12.1 Å². The van der Waals surface area contributed by atoms with Gasteiger partial charge in [0.25, 0.3) is 5.56 Å². The second-order valence-corrected chi connectivity index (χ2v) is 6.45. The summed E-state index contributed by atoms with van der Waals surface area (Å²) < 4.78 is 17.3. The van der Waals surface area contributed by atoms with Crippen molar-refractivity contribution in [3.8, 4) is 11.5 Å². The summed E-state index contributed by atoms with van der Waals surface area (Å²) in [5.41, 5.74) is 0.745. The smallest absolute Gasteiger partial charge is 0.308 e. The van der Waals surface area contributed by atoms with Gasteiger partial charge in [-0.05, 0) is 30.3 Å². The first-order chi connectivity index (χ1) is 14.1. The number of fused-ring (bicyclic) bond motifs is 2. The summed E-state index contributed by atoms with van der Waals surface area (Å²) in [6.45, 7) is 0.618. The fourth-order valence-electron chi connectivity index (χ4n) is 3.00. The van der Waals surface area contributed by atoms with Gasteiger partial charge in [0.15, 0.2) is 23.9 Å². The van der Waals surface area contributed by atoms with E-state index in [1.54, 1.807) is 42.5 Å². The second kappa shape index (κ2) is 8.14. The van der Waals surface area contributed by atoms with Crippen LogP contribution < -0.4 is 15.0 Å². The molecule has 4 rings (SSSR count). The average Bonchev–Trinajstić information content (AvgIpc) is 2.77. The number of Topliss-reactive ketones (excluding diaryl/α,β-unsaturated/α-hetero) is 1. The van der Waals surface area contributed by atoms with Crippen LogP contribution >= 0.6 is 0 Å².